The van der Waals surface area contributed by atoms with E-state index in [1.807, 2.05) is 19.9 Å². The maximum atomic E-state index is 11.6. The topological polar surface area (TPSA) is 79.5 Å². The molecule has 0 aromatic carbocycles. The number of carbonyl (C=O) groups is 2. The van der Waals surface area contributed by atoms with Crippen molar-refractivity contribution in [2.75, 3.05) is 6.54 Å². The van der Waals surface area contributed by atoms with Gasteiger partial charge in [0, 0.05) is 19.0 Å². The van der Waals surface area contributed by atoms with E-state index in [1.165, 1.54) is 6.08 Å². The predicted octanol–water partition coefficient (Wildman–Crippen LogP) is 3.00. The highest BCUT2D eigenvalue weighted by Gasteiger charge is 2.09. The van der Waals surface area contributed by atoms with Crippen LogP contribution in [0.15, 0.2) is 22.6 Å². The van der Waals surface area contributed by atoms with Crippen molar-refractivity contribution in [3.05, 3.63) is 29.7 Å². The molecular weight excluding hydrogens is 270 g/mol. The van der Waals surface area contributed by atoms with Crippen LogP contribution in [0.25, 0.3) is 6.08 Å². The molecule has 2 N–H and O–H groups in total. The second-order valence-electron chi connectivity index (χ2n) is 5.07. The van der Waals surface area contributed by atoms with Crippen LogP contribution in [0, 0.1) is 12.8 Å². The van der Waals surface area contributed by atoms with Gasteiger partial charge in [0.25, 0.3) is 0 Å². The van der Waals surface area contributed by atoms with Gasteiger partial charge in [-0.05, 0) is 43.9 Å². The van der Waals surface area contributed by atoms with Crippen LogP contribution in [0.4, 0.5) is 0 Å². The van der Waals surface area contributed by atoms with Crippen LogP contribution in [0.1, 0.15) is 44.1 Å². The Balaban J connectivity index is 2.25. The monoisotopic (exact) mass is 293 g/mol. The number of amides is 1. The van der Waals surface area contributed by atoms with Gasteiger partial charge in [-0.2, -0.15) is 0 Å². The number of carbonyl (C=O) groups excluding carboxylic acids is 1. The van der Waals surface area contributed by atoms with Gasteiger partial charge >= 0.3 is 5.97 Å². The Morgan fingerprint density at radius 3 is 2.71 bits per heavy atom. The molecule has 1 rings (SSSR count). The Morgan fingerprint density at radius 1 is 1.38 bits per heavy atom. The number of hydrogen-bond donors (Lipinski definition) is 2. The molecule has 1 amide bonds. The number of rotatable bonds is 9. The average Bonchev–Trinajstić information content (AvgIpc) is 2.86. The van der Waals surface area contributed by atoms with E-state index in [0.717, 1.165) is 18.6 Å². The third-order valence-electron chi connectivity index (χ3n) is 3.36. The van der Waals surface area contributed by atoms with Crippen LogP contribution in [0.5, 0.6) is 0 Å². The number of carboxylic acid groups (broad SMARTS) is 1. The lowest BCUT2D eigenvalue weighted by atomic mass is 9.97. The summed E-state index contributed by atoms with van der Waals surface area (Å²) in [4.78, 5) is 22.2. The van der Waals surface area contributed by atoms with Gasteiger partial charge in [-0.3, -0.25) is 9.59 Å². The predicted molar refractivity (Wildman–Crippen MR) is 80.8 cm³/mol. The first-order chi connectivity index (χ1) is 10.0. The summed E-state index contributed by atoms with van der Waals surface area (Å²) in [6.45, 7) is 4.44. The quantitative estimate of drug-likeness (QED) is 0.686. The van der Waals surface area contributed by atoms with Gasteiger partial charge in [-0.25, -0.2) is 0 Å². The van der Waals surface area contributed by atoms with E-state index in [4.69, 9.17) is 9.52 Å². The molecule has 1 aromatic heterocycles. The molecule has 0 bridgehead atoms. The molecule has 116 valence electrons. The third kappa shape index (κ3) is 7.34. The van der Waals surface area contributed by atoms with Crippen LogP contribution >= 0.6 is 0 Å². The van der Waals surface area contributed by atoms with E-state index in [-0.39, 0.29) is 12.3 Å². The maximum absolute atomic E-state index is 11.6. The van der Waals surface area contributed by atoms with Gasteiger partial charge in [0.2, 0.25) is 5.91 Å². The van der Waals surface area contributed by atoms with Crippen molar-refractivity contribution in [1.82, 2.24) is 5.32 Å². The molecule has 0 aliphatic heterocycles. The van der Waals surface area contributed by atoms with Crippen LogP contribution in [0.2, 0.25) is 0 Å². The molecule has 0 fully saturated rings. The number of hydrogen-bond acceptors (Lipinski definition) is 3. The van der Waals surface area contributed by atoms with Crippen molar-refractivity contribution in [2.24, 2.45) is 5.92 Å². The Hall–Kier alpha value is -2.04. The number of aliphatic carboxylic acids is 1. The number of carboxylic acids is 1. The minimum Gasteiger partial charge on any atom is -0.481 e. The fourth-order valence-corrected chi connectivity index (χ4v) is 2.04. The van der Waals surface area contributed by atoms with E-state index in [1.54, 1.807) is 12.1 Å². The van der Waals surface area contributed by atoms with Gasteiger partial charge in [-0.1, -0.05) is 13.3 Å². The van der Waals surface area contributed by atoms with Crippen molar-refractivity contribution in [2.45, 2.75) is 39.5 Å². The van der Waals surface area contributed by atoms with E-state index in [0.29, 0.717) is 24.6 Å². The lowest BCUT2D eigenvalue weighted by molar-refractivity contribution is -0.137. The first-order valence-corrected chi connectivity index (χ1v) is 7.25. The summed E-state index contributed by atoms with van der Waals surface area (Å²) in [7, 11) is 0. The third-order valence-corrected chi connectivity index (χ3v) is 3.36. The fraction of sp³-hybridized carbons (Fsp3) is 0.500. The summed E-state index contributed by atoms with van der Waals surface area (Å²) in [5.41, 5.74) is 0. The van der Waals surface area contributed by atoms with E-state index in [2.05, 4.69) is 5.32 Å². The summed E-state index contributed by atoms with van der Waals surface area (Å²) in [6.07, 6.45) is 5.63. The highest BCUT2D eigenvalue weighted by Crippen LogP contribution is 2.14. The first kappa shape index (κ1) is 17.0. The van der Waals surface area contributed by atoms with Crippen LogP contribution in [-0.2, 0) is 9.59 Å². The second-order valence-corrected chi connectivity index (χ2v) is 5.07. The molecule has 5 nitrogen and oxygen atoms in total. The van der Waals surface area contributed by atoms with Gasteiger partial charge in [0.1, 0.15) is 11.5 Å². The van der Waals surface area contributed by atoms with Crippen LogP contribution < -0.4 is 5.32 Å². The summed E-state index contributed by atoms with van der Waals surface area (Å²) in [5.74, 6) is 0.847. The van der Waals surface area contributed by atoms with Gasteiger partial charge in [-0.15, -0.1) is 0 Å². The van der Waals surface area contributed by atoms with E-state index >= 15 is 0 Å². The SMILES string of the molecule is CCC(CCNC(=O)C=Cc1ccc(C)o1)CCC(=O)O. The van der Waals surface area contributed by atoms with Crippen molar-refractivity contribution in [3.8, 4) is 0 Å². The second kappa shape index (κ2) is 9.00. The molecule has 5 heteroatoms. The van der Waals surface area contributed by atoms with Gasteiger partial charge < -0.3 is 14.8 Å². The van der Waals surface area contributed by atoms with Crippen LogP contribution in [0.3, 0.4) is 0 Å². The Kier molecular flexibility index (Phi) is 7.29. The van der Waals surface area contributed by atoms with Crippen molar-refractivity contribution in [3.63, 3.8) is 0 Å². The molecule has 0 saturated heterocycles. The molecule has 1 aromatic rings. The number of aryl methyl sites for hydroxylation is 1. The summed E-state index contributed by atoms with van der Waals surface area (Å²) >= 11 is 0. The molecule has 1 heterocycles. The number of furan rings is 1. The molecule has 0 aliphatic carbocycles. The molecule has 21 heavy (non-hydrogen) atoms. The highest BCUT2D eigenvalue weighted by atomic mass is 16.4. The minimum atomic E-state index is -0.769. The Morgan fingerprint density at radius 2 is 2.14 bits per heavy atom. The molecule has 1 atom stereocenters. The van der Waals surface area contributed by atoms with Crippen LogP contribution in [-0.4, -0.2) is 23.5 Å². The number of nitrogens with one attached hydrogen (secondary N) is 1. The molecule has 1 unspecified atom stereocenters. The minimum absolute atomic E-state index is 0.169. The molecular formula is C16H23NO4. The summed E-state index contributed by atoms with van der Waals surface area (Å²) in [5, 5.41) is 11.5. The van der Waals surface area contributed by atoms with E-state index < -0.39 is 5.97 Å². The van der Waals surface area contributed by atoms with E-state index in [9.17, 15) is 9.59 Å². The molecule has 0 saturated carbocycles. The smallest absolute Gasteiger partial charge is 0.303 e. The molecule has 0 radical (unpaired) electrons. The van der Waals surface area contributed by atoms with Gasteiger partial charge in [0.15, 0.2) is 0 Å². The van der Waals surface area contributed by atoms with Crippen molar-refractivity contribution < 1.29 is 19.1 Å². The fourth-order valence-electron chi connectivity index (χ4n) is 2.04. The standard InChI is InChI=1S/C16H23NO4/c1-3-13(5-9-16(19)20)10-11-17-15(18)8-7-14-6-4-12(2)21-14/h4,6-8,13H,3,5,9-11H2,1-2H3,(H,17,18)(H,19,20). The van der Waals surface area contributed by atoms with Crippen molar-refractivity contribution in [1.29, 1.82) is 0 Å². The normalized spacial score (nSPS) is 12.5. The Labute approximate surface area is 125 Å². The van der Waals surface area contributed by atoms with Crippen molar-refractivity contribution >= 4 is 18.0 Å². The lowest BCUT2D eigenvalue weighted by Gasteiger charge is -2.13. The van der Waals surface area contributed by atoms with Gasteiger partial charge in [0.05, 0.1) is 0 Å². The zero-order chi connectivity index (χ0) is 15.7. The molecule has 0 aliphatic rings. The summed E-state index contributed by atoms with van der Waals surface area (Å²) < 4.78 is 5.33. The largest absolute Gasteiger partial charge is 0.481 e. The molecule has 0 spiro atoms. The lowest BCUT2D eigenvalue weighted by Crippen LogP contribution is -2.24. The Bertz CT molecular complexity index is 490. The summed E-state index contributed by atoms with van der Waals surface area (Å²) in [6, 6.07) is 3.64. The maximum Gasteiger partial charge on any atom is 0.303 e. The first-order valence-electron chi connectivity index (χ1n) is 7.25. The average molecular weight is 293 g/mol. The zero-order valence-electron chi connectivity index (χ0n) is 12.6. The highest BCUT2D eigenvalue weighted by molar-refractivity contribution is 5.91. The zero-order valence-corrected chi connectivity index (χ0v) is 12.6.